The van der Waals surface area contributed by atoms with E-state index in [1.807, 2.05) is 42.5 Å². The van der Waals surface area contributed by atoms with Crippen molar-refractivity contribution in [3.63, 3.8) is 0 Å². The van der Waals surface area contributed by atoms with Crippen molar-refractivity contribution in [2.75, 3.05) is 24.9 Å². The van der Waals surface area contributed by atoms with Gasteiger partial charge in [-0.25, -0.2) is 0 Å². The SMILES string of the molecule is COc1ccc(CC(=O)N[C@@H](CSCP(=O)(O)O)C(=O)N2CCCC[C@H]2C(=O)N[C@@H](Cc2ccc3ccccc3c2)C(N)=O)cc1. The standard InChI is InChI=1S/C32H39N4O8PS/c1-44-25-13-10-21(11-14-25)18-29(37)34-27(19-46-20-45(41,42)43)32(40)36-15-5-4-8-28(36)31(39)35-26(30(33)38)17-22-9-12-23-6-2-3-7-24(23)16-22/h2-3,6-7,9-14,16,26-28H,4-5,8,15,17-20H2,1H3,(H2,33,38)(H,34,37)(H,35,39)(H2,41,42,43)/t26-,27-,28-/m0/s1. The second-order valence-electron chi connectivity index (χ2n) is 11.2. The number of thioether (sulfide) groups is 1. The Kier molecular flexibility index (Phi) is 12.2. The summed E-state index contributed by atoms with van der Waals surface area (Å²) in [6, 6.07) is 17.2. The topological polar surface area (TPSA) is 188 Å². The van der Waals surface area contributed by atoms with E-state index < -0.39 is 54.8 Å². The lowest BCUT2D eigenvalue weighted by Gasteiger charge is -2.37. The average Bonchev–Trinajstić information content (AvgIpc) is 3.03. The first-order valence-corrected chi connectivity index (χ1v) is 17.8. The monoisotopic (exact) mass is 670 g/mol. The number of rotatable bonds is 14. The highest BCUT2D eigenvalue weighted by atomic mass is 32.2. The fourth-order valence-electron chi connectivity index (χ4n) is 5.40. The van der Waals surface area contributed by atoms with Crippen LogP contribution in [-0.2, 0) is 36.6 Å². The third kappa shape index (κ3) is 10.1. The van der Waals surface area contributed by atoms with Crippen molar-refractivity contribution in [2.24, 2.45) is 5.73 Å². The molecular weight excluding hydrogens is 631 g/mol. The summed E-state index contributed by atoms with van der Waals surface area (Å²) in [5.74, 6) is -1.77. The van der Waals surface area contributed by atoms with Crippen LogP contribution in [0.1, 0.15) is 30.4 Å². The first-order chi connectivity index (χ1) is 21.9. The molecule has 1 saturated heterocycles. The maximum atomic E-state index is 13.9. The zero-order chi connectivity index (χ0) is 33.3. The van der Waals surface area contributed by atoms with Crippen LogP contribution in [0, 0.1) is 0 Å². The smallest absolute Gasteiger partial charge is 0.335 e. The summed E-state index contributed by atoms with van der Waals surface area (Å²) in [5.41, 5.74) is 6.63. The van der Waals surface area contributed by atoms with Gasteiger partial charge < -0.3 is 35.8 Å². The molecule has 12 nitrogen and oxygen atoms in total. The quantitative estimate of drug-likeness (QED) is 0.160. The Morgan fingerprint density at radius 1 is 0.978 bits per heavy atom. The lowest BCUT2D eigenvalue weighted by Crippen LogP contribution is -2.60. The van der Waals surface area contributed by atoms with Gasteiger partial charge in [0.05, 0.1) is 19.0 Å². The highest BCUT2D eigenvalue weighted by Gasteiger charge is 2.37. The van der Waals surface area contributed by atoms with Gasteiger partial charge in [-0.1, -0.05) is 54.6 Å². The molecule has 14 heteroatoms. The minimum absolute atomic E-state index is 0.0457. The Morgan fingerprint density at radius 2 is 1.67 bits per heavy atom. The van der Waals surface area contributed by atoms with Gasteiger partial charge in [-0.3, -0.25) is 23.7 Å². The first kappa shape index (κ1) is 35.0. The summed E-state index contributed by atoms with van der Waals surface area (Å²) in [7, 11) is -2.84. The number of likely N-dealkylation sites (tertiary alicyclic amines) is 1. The number of nitrogens with one attached hydrogen (secondary N) is 2. The van der Waals surface area contributed by atoms with E-state index in [4.69, 9.17) is 10.5 Å². The molecule has 246 valence electrons. The molecule has 0 saturated carbocycles. The molecule has 0 aliphatic carbocycles. The molecule has 1 aliphatic rings. The van der Waals surface area contributed by atoms with E-state index in [1.165, 1.54) is 12.0 Å². The van der Waals surface area contributed by atoms with E-state index in [0.29, 0.717) is 30.6 Å². The summed E-state index contributed by atoms with van der Waals surface area (Å²) in [6.45, 7) is 0.233. The molecule has 0 radical (unpaired) electrons. The van der Waals surface area contributed by atoms with Crippen molar-refractivity contribution in [3.8, 4) is 5.75 Å². The molecule has 4 amide bonds. The number of nitrogens with zero attached hydrogens (tertiary/aromatic N) is 1. The molecule has 4 rings (SSSR count). The van der Waals surface area contributed by atoms with Crippen molar-refractivity contribution >= 4 is 53.8 Å². The van der Waals surface area contributed by atoms with Crippen LogP contribution < -0.4 is 21.1 Å². The molecule has 46 heavy (non-hydrogen) atoms. The summed E-state index contributed by atoms with van der Waals surface area (Å²) in [6.07, 6.45) is 1.73. The van der Waals surface area contributed by atoms with Gasteiger partial charge in [0.25, 0.3) is 0 Å². The van der Waals surface area contributed by atoms with Gasteiger partial charge in [0.2, 0.25) is 23.6 Å². The number of primary amides is 1. The molecule has 6 N–H and O–H groups in total. The van der Waals surface area contributed by atoms with Crippen LogP contribution in [0.3, 0.4) is 0 Å². The number of carbonyl (C=O) groups excluding carboxylic acids is 4. The van der Waals surface area contributed by atoms with Gasteiger partial charge in [-0.2, -0.15) is 0 Å². The van der Waals surface area contributed by atoms with Gasteiger partial charge in [-0.05, 0) is 53.3 Å². The van der Waals surface area contributed by atoms with E-state index in [9.17, 15) is 33.5 Å². The number of methoxy groups -OCH3 is 1. The fourth-order valence-corrected chi connectivity index (χ4v) is 7.23. The fraction of sp³-hybridized carbons (Fsp3) is 0.375. The van der Waals surface area contributed by atoms with Gasteiger partial charge in [0.1, 0.15) is 23.9 Å². The molecule has 3 aromatic carbocycles. The molecule has 0 aromatic heterocycles. The largest absolute Gasteiger partial charge is 0.497 e. The molecule has 1 fully saturated rings. The maximum absolute atomic E-state index is 13.9. The lowest BCUT2D eigenvalue weighted by atomic mass is 9.98. The lowest BCUT2D eigenvalue weighted by molar-refractivity contribution is -0.145. The zero-order valence-corrected chi connectivity index (χ0v) is 27.2. The van der Waals surface area contributed by atoms with E-state index in [-0.39, 0.29) is 25.1 Å². The van der Waals surface area contributed by atoms with Crippen LogP contribution in [0.25, 0.3) is 10.8 Å². The Bertz CT molecular complexity index is 1600. The van der Waals surface area contributed by atoms with Crippen LogP contribution >= 0.6 is 19.4 Å². The highest BCUT2D eigenvalue weighted by molar-refractivity contribution is 8.04. The molecule has 0 spiro atoms. The molecule has 0 unspecified atom stereocenters. The normalized spacial score (nSPS) is 16.3. The van der Waals surface area contributed by atoms with E-state index >= 15 is 0 Å². The number of nitrogens with two attached hydrogens (primary N) is 1. The van der Waals surface area contributed by atoms with Gasteiger partial charge in [-0.15, -0.1) is 11.8 Å². The number of fused-ring (bicyclic) bond motifs is 1. The predicted octanol–water partition coefficient (Wildman–Crippen LogP) is 2.34. The van der Waals surface area contributed by atoms with Crippen molar-refractivity contribution in [1.29, 1.82) is 0 Å². The number of piperidine rings is 1. The van der Waals surface area contributed by atoms with E-state index in [1.54, 1.807) is 24.3 Å². The predicted molar refractivity (Wildman–Crippen MR) is 176 cm³/mol. The van der Waals surface area contributed by atoms with E-state index in [0.717, 1.165) is 28.1 Å². The van der Waals surface area contributed by atoms with Crippen molar-refractivity contribution in [1.82, 2.24) is 15.5 Å². The van der Waals surface area contributed by atoms with Gasteiger partial charge in [0.15, 0.2) is 0 Å². The number of hydrogen-bond donors (Lipinski definition) is 5. The number of benzene rings is 3. The van der Waals surface area contributed by atoms with Gasteiger partial charge in [0, 0.05) is 18.7 Å². The first-order valence-electron chi connectivity index (χ1n) is 14.9. The van der Waals surface area contributed by atoms with Crippen LogP contribution in [0.4, 0.5) is 0 Å². The Morgan fingerprint density at radius 3 is 2.35 bits per heavy atom. The van der Waals surface area contributed by atoms with Crippen LogP contribution in [0.5, 0.6) is 5.75 Å². The second-order valence-corrected chi connectivity index (χ2v) is 14.3. The molecule has 0 bridgehead atoms. The molecule has 3 aromatic rings. The van der Waals surface area contributed by atoms with Crippen LogP contribution in [-0.4, -0.2) is 81.3 Å². The highest BCUT2D eigenvalue weighted by Crippen LogP contribution is 2.38. The summed E-state index contributed by atoms with van der Waals surface area (Å²) in [5, 5.41) is 7.46. The third-order valence-corrected chi connectivity index (χ3v) is 10.3. The molecular formula is C32H39N4O8PS. The summed E-state index contributed by atoms with van der Waals surface area (Å²) >= 11 is 0.836. The number of amides is 4. The minimum Gasteiger partial charge on any atom is -0.497 e. The Balaban J connectivity index is 1.47. The number of ether oxygens (including phenoxy) is 1. The second kappa shape index (κ2) is 16.1. The van der Waals surface area contributed by atoms with Crippen molar-refractivity contribution in [3.05, 3.63) is 77.9 Å². The maximum Gasteiger partial charge on any atom is 0.335 e. The Labute approximate surface area is 271 Å². The molecule has 1 aliphatic heterocycles. The van der Waals surface area contributed by atoms with Crippen molar-refractivity contribution < 1.29 is 38.3 Å². The molecule has 3 atom stereocenters. The van der Waals surface area contributed by atoms with E-state index in [2.05, 4.69) is 10.6 Å². The minimum atomic E-state index is -4.37. The van der Waals surface area contributed by atoms with Gasteiger partial charge >= 0.3 is 7.60 Å². The van der Waals surface area contributed by atoms with Crippen LogP contribution in [0.2, 0.25) is 0 Å². The molecule has 1 heterocycles. The van der Waals surface area contributed by atoms with Crippen LogP contribution in [0.15, 0.2) is 66.7 Å². The number of carbonyl (C=O) groups is 4. The zero-order valence-electron chi connectivity index (χ0n) is 25.5. The number of hydrogen-bond acceptors (Lipinski definition) is 7. The summed E-state index contributed by atoms with van der Waals surface area (Å²) < 4.78 is 16.6. The Hall–Kier alpha value is -3.90. The third-order valence-electron chi connectivity index (χ3n) is 7.70. The summed E-state index contributed by atoms with van der Waals surface area (Å²) in [4.78, 5) is 73.0. The van der Waals surface area contributed by atoms with Crippen molar-refractivity contribution in [2.45, 2.75) is 50.2 Å². The average molecular weight is 671 g/mol.